The summed E-state index contributed by atoms with van der Waals surface area (Å²) in [5, 5.41) is 0. The predicted octanol–water partition coefficient (Wildman–Crippen LogP) is 1.97. The lowest BCUT2D eigenvalue weighted by atomic mass is 9.86. The zero-order valence-corrected chi connectivity index (χ0v) is 7.46. The second-order valence-electron chi connectivity index (χ2n) is 2.58. The van der Waals surface area contributed by atoms with Crippen molar-refractivity contribution < 1.29 is 0 Å². The van der Waals surface area contributed by atoms with Crippen LogP contribution in [-0.4, -0.2) is 7.85 Å². The van der Waals surface area contributed by atoms with Crippen molar-refractivity contribution >= 4 is 23.8 Å². The summed E-state index contributed by atoms with van der Waals surface area (Å²) in [6.45, 7) is 2.15. The minimum absolute atomic E-state index is 1.19. The van der Waals surface area contributed by atoms with Crippen LogP contribution in [0.15, 0.2) is 21.6 Å². The van der Waals surface area contributed by atoms with E-state index in [1.165, 1.54) is 28.4 Å². The van der Waals surface area contributed by atoms with Crippen LogP contribution >= 0.6 is 15.9 Å². The molecule has 0 radical (unpaired) electrons. The number of halogens is 1. The van der Waals surface area contributed by atoms with E-state index >= 15 is 0 Å². The van der Waals surface area contributed by atoms with Crippen molar-refractivity contribution in [2.75, 3.05) is 0 Å². The van der Waals surface area contributed by atoms with Gasteiger partial charge in [0.05, 0.1) is 0 Å². The van der Waals surface area contributed by atoms with Crippen LogP contribution in [0.5, 0.6) is 0 Å². The average Bonchev–Trinajstić information content (AvgIpc) is 1.80. The lowest BCUT2D eigenvalue weighted by Crippen LogP contribution is -1.92. The molecule has 0 fully saturated rings. The summed E-state index contributed by atoms with van der Waals surface area (Å²) in [4.78, 5) is 0. The maximum atomic E-state index is 3.52. The standard InChI is InChI=1S/C7H10BBr/c1-5-4-6(8)2-3-7(5)9/h4H,2-3,8H2,1H3. The zero-order chi connectivity index (χ0) is 6.85. The lowest BCUT2D eigenvalue weighted by Gasteiger charge is -2.10. The van der Waals surface area contributed by atoms with Crippen LogP contribution in [0.4, 0.5) is 0 Å². The van der Waals surface area contributed by atoms with Crippen molar-refractivity contribution in [2.24, 2.45) is 0 Å². The first-order valence-corrected chi connectivity index (χ1v) is 4.02. The Morgan fingerprint density at radius 1 is 1.56 bits per heavy atom. The molecule has 0 bridgehead atoms. The first kappa shape index (κ1) is 7.14. The third kappa shape index (κ3) is 1.72. The zero-order valence-electron chi connectivity index (χ0n) is 5.87. The number of hydrogen-bond acceptors (Lipinski definition) is 0. The average molecular weight is 185 g/mol. The molecule has 0 saturated heterocycles. The van der Waals surface area contributed by atoms with E-state index in [1.54, 1.807) is 0 Å². The summed E-state index contributed by atoms with van der Waals surface area (Å²) in [5.74, 6) is 0. The Hall–Kier alpha value is 0.0249. The molecule has 0 saturated carbocycles. The van der Waals surface area contributed by atoms with Crippen LogP contribution in [0.2, 0.25) is 0 Å². The van der Waals surface area contributed by atoms with Crippen molar-refractivity contribution in [1.82, 2.24) is 0 Å². The molecule has 0 amide bonds. The van der Waals surface area contributed by atoms with Gasteiger partial charge in [-0.05, 0) is 29.8 Å². The molecule has 0 aliphatic heterocycles. The molecule has 0 unspecified atom stereocenters. The second-order valence-corrected chi connectivity index (χ2v) is 3.54. The molecule has 0 spiro atoms. The maximum Gasteiger partial charge on any atom is 0.133 e. The summed E-state index contributed by atoms with van der Waals surface area (Å²) in [6.07, 6.45) is 4.65. The van der Waals surface area contributed by atoms with Gasteiger partial charge in [-0.2, -0.15) is 0 Å². The Labute approximate surface area is 65.6 Å². The summed E-state index contributed by atoms with van der Waals surface area (Å²) in [7, 11) is 2.18. The normalized spacial score (nSPS) is 20.0. The highest BCUT2D eigenvalue weighted by atomic mass is 79.9. The van der Waals surface area contributed by atoms with Gasteiger partial charge in [-0.15, -0.1) is 5.47 Å². The summed E-state index contributed by atoms with van der Waals surface area (Å²) in [5.41, 5.74) is 2.88. The van der Waals surface area contributed by atoms with E-state index in [4.69, 9.17) is 0 Å². The molecule has 0 atom stereocenters. The Balaban J connectivity index is 2.83. The third-order valence-corrected chi connectivity index (χ3v) is 2.65. The van der Waals surface area contributed by atoms with E-state index in [0.29, 0.717) is 0 Å². The van der Waals surface area contributed by atoms with E-state index < -0.39 is 0 Å². The Bertz CT molecular complexity index is 179. The maximum absolute atomic E-state index is 3.52. The van der Waals surface area contributed by atoms with E-state index in [2.05, 4.69) is 36.8 Å². The quantitative estimate of drug-likeness (QED) is 0.506. The molecular formula is C7H10BBr. The van der Waals surface area contributed by atoms with Crippen molar-refractivity contribution in [2.45, 2.75) is 19.8 Å². The molecular weight excluding hydrogens is 175 g/mol. The Morgan fingerprint density at radius 2 is 2.22 bits per heavy atom. The molecule has 0 aromatic heterocycles. The van der Waals surface area contributed by atoms with Gasteiger partial charge in [0, 0.05) is 0 Å². The fourth-order valence-corrected chi connectivity index (χ4v) is 1.34. The second kappa shape index (κ2) is 2.74. The SMILES string of the molecule is BC1=CC(C)=C(Br)CC1. The van der Waals surface area contributed by atoms with Gasteiger partial charge in [-0.25, -0.2) is 0 Å². The van der Waals surface area contributed by atoms with Gasteiger partial charge in [0.1, 0.15) is 7.85 Å². The van der Waals surface area contributed by atoms with Crippen LogP contribution in [0.1, 0.15) is 19.8 Å². The molecule has 0 aromatic carbocycles. The molecule has 1 rings (SSSR count). The molecule has 1 aliphatic carbocycles. The van der Waals surface area contributed by atoms with Gasteiger partial charge in [-0.1, -0.05) is 22.0 Å². The molecule has 1 aliphatic rings. The van der Waals surface area contributed by atoms with Gasteiger partial charge in [0.25, 0.3) is 0 Å². The van der Waals surface area contributed by atoms with Crippen molar-refractivity contribution in [1.29, 1.82) is 0 Å². The van der Waals surface area contributed by atoms with E-state index in [1.807, 2.05) is 0 Å². The van der Waals surface area contributed by atoms with Gasteiger partial charge in [0.2, 0.25) is 0 Å². The summed E-state index contributed by atoms with van der Waals surface area (Å²) >= 11 is 3.52. The van der Waals surface area contributed by atoms with Crippen molar-refractivity contribution in [3.8, 4) is 0 Å². The third-order valence-electron chi connectivity index (χ3n) is 1.63. The van der Waals surface area contributed by atoms with Crippen molar-refractivity contribution in [3.05, 3.63) is 21.6 Å². The number of allylic oxidation sites excluding steroid dienone is 4. The molecule has 0 heterocycles. The smallest absolute Gasteiger partial charge is 0.109 e. The van der Waals surface area contributed by atoms with Crippen molar-refractivity contribution in [3.63, 3.8) is 0 Å². The van der Waals surface area contributed by atoms with Crippen LogP contribution in [-0.2, 0) is 0 Å². The predicted molar refractivity (Wildman–Crippen MR) is 47.5 cm³/mol. The molecule has 9 heavy (non-hydrogen) atoms. The van der Waals surface area contributed by atoms with E-state index in [0.717, 1.165) is 0 Å². The molecule has 0 N–H and O–H groups in total. The van der Waals surface area contributed by atoms with Gasteiger partial charge in [0.15, 0.2) is 0 Å². The minimum atomic E-state index is 1.19. The first-order valence-electron chi connectivity index (χ1n) is 3.22. The molecule has 0 nitrogen and oxygen atoms in total. The van der Waals surface area contributed by atoms with E-state index in [-0.39, 0.29) is 0 Å². The molecule has 0 aromatic rings. The Kier molecular flexibility index (Phi) is 2.17. The Morgan fingerprint density at radius 3 is 2.67 bits per heavy atom. The van der Waals surface area contributed by atoms with E-state index in [9.17, 15) is 0 Å². The molecule has 48 valence electrons. The largest absolute Gasteiger partial charge is 0.133 e. The number of hydrogen-bond donors (Lipinski definition) is 0. The summed E-state index contributed by atoms with van der Waals surface area (Å²) < 4.78 is 1.37. The van der Waals surface area contributed by atoms with Crippen LogP contribution in [0.25, 0.3) is 0 Å². The highest BCUT2D eigenvalue weighted by molar-refractivity contribution is 9.11. The first-order chi connectivity index (χ1) is 4.20. The molecule has 2 heteroatoms. The lowest BCUT2D eigenvalue weighted by molar-refractivity contribution is 0.986. The van der Waals surface area contributed by atoms with Gasteiger partial charge in [-0.3, -0.25) is 0 Å². The highest BCUT2D eigenvalue weighted by Crippen LogP contribution is 2.25. The van der Waals surface area contributed by atoms with Gasteiger partial charge < -0.3 is 0 Å². The van der Waals surface area contributed by atoms with Crippen LogP contribution in [0.3, 0.4) is 0 Å². The monoisotopic (exact) mass is 184 g/mol. The minimum Gasteiger partial charge on any atom is -0.109 e. The number of rotatable bonds is 0. The highest BCUT2D eigenvalue weighted by Gasteiger charge is 2.03. The van der Waals surface area contributed by atoms with Crippen LogP contribution < -0.4 is 0 Å². The fraction of sp³-hybridized carbons (Fsp3) is 0.429. The topological polar surface area (TPSA) is 0 Å². The fourth-order valence-electron chi connectivity index (χ4n) is 1.02. The van der Waals surface area contributed by atoms with Gasteiger partial charge >= 0.3 is 0 Å². The van der Waals surface area contributed by atoms with Crippen LogP contribution in [0, 0.1) is 0 Å². The summed E-state index contributed by atoms with van der Waals surface area (Å²) in [6, 6.07) is 0.